The number of ether oxygens (including phenoxy) is 2. The lowest BCUT2D eigenvalue weighted by molar-refractivity contribution is -0.160. The van der Waals surface area contributed by atoms with Gasteiger partial charge in [-0.1, -0.05) is 25.8 Å². The SMILES string of the molecule is CCCCCNc1nc(N)nc2ccn(Cc3cc(CN4CCC[C@@H]4C(=O)OC(C)(C)C)ccc3OC)c12. The maximum Gasteiger partial charge on any atom is 0.323 e. The third kappa shape index (κ3) is 6.75. The number of nitrogens with two attached hydrogens (primary N) is 1. The van der Waals surface area contributed by atoms with Crippen LogP contribution in [0.3, 0.4) is 0 Å². The molecule has 1 aliphatic heterocycles. The molecular weight excluding hydrogens is 480 g/mol. The number of methoxy groups -OCH3 is 1. The Balaban J connectivity index is 1.56. The summed E-state index contributed by atoms with van der Waals surface area (Å²) >= 11 is 0. The standard InChI is InChI=1S/C29H42N6O3/c1-6-7-8-14-31-26-25-22(32-28(30)33-26)13-16-35(25)19-21-17-20(11-12-24(21)37-5)18-34-15-9-10-23(34)27(36)38-29(2,3)4/h11-13,16-17,23H,6-10,14-15,18-19H2,1-5H3,(H3,30,31,32,33)/t23-/m1/s1. The summed E-state index contributed by atoms with van der Waals surface area (Å²) in [6, 6.07) is 8.01. The molecule has 1 fully saturated rings. The van der Waals surface area contributed by atoms with Gasteiger partial charge >= 0.3 is 5.97 Å². The number of unbranched alkanes of at least 4 members (excludes halogenated alkanes) is 2. The molecule has 1 aliphatic rings. The van der Waals surface area contributed by atoms with E-state index >= 15 is 0 Å². The van der Waals surface area contributed by atoms with Crippen molar-refractivity contribution in [1.82, 2.24) is 19.4 Å². The van der Waals surface area contributed by atoms with E-state index < -0.39 is 5.60 Å². The molecule has 0 aliphatic carbocycles. The number of likely N-dealkylation sites (tertiary alicyclic amines) is 1. The number of esters is 1. The highest BCUT2D eigenvalue weighted by Gasteiger charge is 2.34. The zero-order valence-electron chi connectivity index (χ0n) is 23.4. The zero-order valence-corrected chi connectivity index (χ0v) is 23.4. The summed E-state index contributed by atoms with van der Waals surface area (Å²) in [6.45, 7) is 10.9. The van der Waals surface area contributed by atoms with Crippen molar-refractivity contribution >= 4 is 28.8 Å². The van der Waals surface area contributed by atoms with Crippen LogP contribution in [0.1, 0.15) is 70.9 Å². The molecule has 9 nitrogen and oxygen atoms in total. The van der Waals surface area contributed by atoms with Crippen molar-refractivity contribution in [2.24, 2.45) is 0 Å². The van der Waals surface area contributed by atoms with E-state index in [1.807, 2.05) is 39.1 Å². The Bertz CT molecular complexity index is 1250. The van der Waals surface area contributed by atoms with Gasteiger partial charge < -0.3 is 25.1 Å². The highest BCUT2D eigenvalue weighted by atomic mass is 16.6. The summed E-state index contributed by atoms with van der Waals surface area (Å²) in [7, 11) is 1.69. The molecule has 1 saturated heterocycles. The van der Waals surface area contributed by atoms with Gasteiger partial charge in [-0.2, -0.15) is 4.98 Å². The van der Waals surface area contributed by atoms with Gasteiger partial charge in [0, 0.05) is 24.8 Å². The molecule has 38 heavy (non-hydrogen) atoms. The van der Waals surface area contributed by atoms with Crippen molar-refractivity contribution in [2.45, 2.75) is 84.5 Å². The molecule has 0 bridgehead atoms. The van der Waals surface area contributed by atoms with Crippen LogP contribution in [0.15, 0.2) is 30.5 Å². The molecule has 0 spiro atoms. The first-order chi connectivity index (χ1) is 18.2. The molecule has 0 radical (unpaired) electrons. The largest absolute Gasteiger partial charge is 0.496 e. The highest BCUT2D eigenvalue weighted by molar-refractivity contribution is 5.87. The van der Waals surface area contributed by atoms with Gasteiger partial charge in [0.1, 0.15) is 22.9 Å². The van der Waals surface area contributed by atoms with Gasteiger partial charge in [0.2, 0.25) is 5.95 Å². The molecule has 1 aromatic carbocycles. The Kier molecular flexibility index (Phi) is 8.76. The lowest BCUT2D eigenvalue weighted by Gasteiger charge is -2.27. The number of carbonyl (C=O) groups is 1. The molecule has 3 N–H and O–H groups in total. The number of benzene rings is 1. The van der Waals surface area contributed by atoms with Gasteiger partial charge in [0.15, 0.2) is 5.82 Å². The van der Waals surface area contributed by atoms with E-state index in [4.69, 9.17) is 15.2 Å². The molecule has 0 saturated carbocycles. The van der Waals surface area contributed by atoms with Crippen molar-refractivity contribution in [2.75, 3.05) is 31.2 Å². The van der Waals surface area contributed by atoms with Gasteiger partial charge in [-0.3, -0.25) is 9.69 Å². The molecule has 3 aromatic rings. The molecule has 4 rings (SSSR count). The first-order valence-electron chi connectivity index (χ1n) is 13.7. The highest BCUT2D eigenvalue weighted by Crippen LogP contribution is 2.29. The van der Waals surface area contributed by atoms with Crippen molar-refractivity contribution in [3.8, 4) is 5.75 Å². The summed E-state index contributed by atoms with van der Waals surface area (Å²) in [5.41, 5.74) is 9.42. The summed E-state index contributed by atoms with van der Waals surface area (Å²) in [6.07, 6.45) is 7.21. The van der Waals surface area contributed by atoms with Gasteiger partial charge in [0.25, 0.3) is 0 Å². The van der Waals surface area contributed by atoms with E-state index in [9.17, 15) is 4.79 Å². The van der Waals surface area contributed by atoms with Crippen molar-refractivity contribution in [3.05, 3.63) is 41.6 Å². The second-order valence-corrected chi connectivity index (χ2v) is 11.0. The summed E-state index contributed by atoms with van der Waals surface area (Å²) in [5, 5.41) is 3.46. The van der Waals surface area contributed by atoms with E-state index in [0.29, 0.717) is 13.1 Å². The monoisotopic (exact) mass is 522 g/mol. The summed E-state index contributed by atoms with van der Waals surface area (Å²) in [4.78, 5) is 24.0. The van der Waals surface area contributed by atoms with E-state index in [1.54, 1.807) is 7.11 Å². The quantitative estimate of drug-likeness (QED) is 0.268. The minimum atomic E-state index is -0.490. The van der Waals surface area contributed by atoms with Crippen LogP contribution in [-0.4, -0.2) is 57.2 Å². The van der Waals surface area contributed by atoms with Crippen molar-refractivity contribution in [3.63, 3.8) is 0 Å². The van der Waals surface area contributed by atoms with Crippen LogP contribution in [0.25, 0.3) is 11.0 Å². The molecule has 0 unspecified atom stereocenters. The molecule has 2 aromatic heterocycles. The van der Waals surface area contributed by atoms with Crippen LogP contribution in [0, 0.1) is 0 Å². The van der Waals surface area contributed by atoms with Crippen molar-refractivity contribution < 1.29 is 14.3 Å². The molecule has 206 valence electrons. The smallest absolute Gasteiger partial charge is 0.323 e. The predicted molar refractivity (Wildman–Crippen MR) is 151 cm³/mol. The Hall–Kier alpha value is -3.33. The van der Waals surface area contributed by atoms with Crippen LogP contribution in [0.2, 0.25) is 0 Å². The maximum atomic E-state index is 12.8. The molecule has 9 heteroatoms. The topological polar surface area (TPSA) is 108 Å². The number of nitrogens with zero attached hydrogens (tertiary/aromatic N) is 4. The average Bonchev–Trinajstić information content (AvgIpc) is 3.48. The second-order valence-electron chi connectivity index (χ2n) is 11.0. The fourth-order valence-corrected chi connectivity index (χ4v) is 5.09. The minimum Gasteiger partial charge on any atom is -0.496 e. The zero-order chi connectivity index (χ0) is 27.3. The normalized spacial score (nSPS) is 16.2. The van der Waals surface area contributed by atoms with E-state index in [0.717, 1.165) is 78.9 Å². The van der Waals surface area contributed by atoms with E-state index in [1.165, 1.54) is 0 Å². The Morgan fingerprint density at radius 2 is 2.00 bits per heavy atom. The number of aromatic nitrogens is 3. The van der Waals surface area contributed by atoms with Gasteiger partial charge in [-0.15, -0.1) is 0 Å². The van der Waals surface area contributed by atoms with Crippen LogP contribution in [0.4, 0.5) is 11.8 Å². The van der Waals surface area contributed by atoms with Crippen LogP contribution in [0.5, 0.6) is 5.75 Å². The van der Waals surface area contributed by atoms with Gasteiger partial charge in [-0.05, 0) is 70.3 Å². The second kappa shape index (κ2) is 12.0. The summed E-state index contributed by atoms with van der Waals surface area (Å²) < 4.78 is 13.5. The molecule has 3 heterocycles. The maximum absolute atomic E-state index is 12.8. The van der Waals surface area contributed by atoms with Crippen LogP contribution < -0.4 is 15.8 Å². The molecular formula is C29H42N6O3. The third-order valence-corrected chi connectivity index (χ3v) is 6.81. The third-order valence-electron chi connectivity index (χ3n) is 6.81. The Morgan fingerprint density at radius 1 is 1.18 bits per heavy atom. The summed E-state index contributed by atoms with van der Waals surface area (Å²) in [5.74, 6) is 1.69. The Labute approximate surface area is 225 Å². The number of rotatable bonds is 11. The number of nitrogens with one attached hydrogen (secondary N) is 1. The first-order valence-corrected chi connectivity index (χ1v) is 13.7. The predicted octanol–water partition coefficient (Wildman–Crippen LogP) is 4.98. The number of fused-ring (bicyclic) bond motifs is 1. The number of anilines is 2. The van der Waals surface area contributed by atoms with E-state index in [2.05, 4.69) is 43.8 Å². The number of hydrogen-bond donors (Lipinski definition) is 2. The lowest BCUT2D eigenvalue weighted by Crippen LogP contribution is -2.40. The average molecular weight is 523 g/mol. The lowest BCUT2D eigenvalue weighted by atomic mass is 10.1. The molecule has 1 atom stereocenters. The fourth-order valence-electron chi connectivity index (χ4n) is 5.09. The number of nitrogen functional groups attached to an aromatic ring is 1. The van der Waals surface area contributed by atoms with Crippen LogP contribution >= 0.6 is 0 Å². The minimum absolute atomic E-state index is 0.138. The van der Waals surface area contributed by atoms with Crippen LogP contribution in [-0.2, 0) is 22.6 Å². The first kappa shape index (κ1) is 27.7. The van der Waals surface area contributed by atoms with Crippen molar-refractivity contribution in [1.29, 1.82) is 0 Å². The van der Waals surface area contributed by atoms with E-state index in [-0.39, 0.29) is 18.0 Å². The number of carbonyl (C=O) groups excluding carboxylic acids is 1. The molecule has 0 amide bonds. The number of hydrogen-bond acceptors (Lipinski definition) is 8. The Morgan fingerprint density at radius 3 is 2.74 bits per heavy atom. The van der Waals surface area contributed by atoms with Gasteiger partial charge in [0.05, 0.1) is 19.2 Å². The fraction of sp³-hybridized carbons (Fsp3) is 0.552. The van der Waals surface area contributed by atoms with Gasteiger partial charge in [-0.25, -0.2) is 4.98 Å².